The van der Waals surface area contributed by atoms with Crippen LogP contribution in [0, 0.1) is 0 Å². The molecule has 1 aromatic heterocycles. The molecule has 4 nitrogen and oxygen atoms in total. The van der Waals surface area contributed by atoms with E-state index in [2.05, 4.69) is 29.9 Å². The molecule has 2 rings (SSSR count). The van der Waals surface area contributed by atoms with Crippen molar-refractivity contribution in [2.45, 2.75) is 26.3 Å². The molecule has 1 aromatic carbocycles. The van der Waals surface area contributed by atoms with E-state index in [1.165, 1.54) is 5.56 Å². The van der Waals surface area contributed by atoms with Crippen LogP contribution in [0.25, 0.3) is 11.3 Å². The lowest BCUT2D eigenvalue weighted by Crippen LogP contribution is -2.03. The smallest absolute Gasteiger partial charge is 0.142 e. The Bertz CT molecular complexity index is 567. The lowest BCUT2D eigenvalue weighted by atomic mass is 9.98. The molecule has 0 aliphatic carbocycles. The van der Waals surface area contributed by atoms with Crippen molar-refractivity contribution in [3.63, 3.8) is 0 Å². The van der Waals surface area contributed by atoms with Crippen molar-refractivity contribution >= 4 is 0 Å². The molecule has 0 fully saturated rings. The van der Waals surface area contributed by atoms with Crippen LogP contribution in [0.2, 0.25) is 0 Å². The molecular weight excluding hydrogens is 238 g/mol. The van der Waals surface area contributed by atoms with E-state index in [9.17, 15) is 0 Å². The molecule has 0 spiro atoms. The summed E-state index contributed by atoms with van der Waals surface area (Å²) in [5.74, 6) is 1.96. The van der Waals surface area contributed by atoms with E-state index >= 15 is 0 Å². The quantitative estimate of drug-likeness (QED) is 0.914. The summed E-state index contributed by atoms with van der Waals surface area (Å²) in [6.45, 7) is 4.64. The lowest BCUT2D eigenvalue weighted by Gasteiger charge is -2.13. The highest BCUT2D eigenvalue weighted by Gasteiger charge is 2.10. The third-order valence-electron chi connectivity index (χ3n) is 3.04. The van der Waals surface area contributed by atoms with Gasteiger partial charge in [-0.15, -0.1) is 0 Å². The molecule has 0 bridgehead atoms. The topological polar surface area (TPSA) is 61.0 Å². The lowest BCUT2D eigenvalue weighted by molar-refractivity contribution is 0.407. The number of benzene rings is 1. The van der Waals surface area contributed by atoms with E-state index in [4.69, 9.17) is 10.5 Å². The Morgan fingerprint density at radius 2 is 2.05 bits per heavy atom. The molecule has 1 heterocycles. The summed E-state index contributed by atoms with van der Waals surface area (Å²) in [4.78, 5) is 8.55. The van der Waals surface area contributed by atoms with E-state index in [1.807, 2.05) is 18.2 Å². The molecule has 19 heavy (non-hydrogen) atoms. The van der Waals surface area contributed by atoms with Gasteiger partial charge >= 0.3 is 0 Å². The van der Waals surface area contributed by atoms with Gasteiger partial charge in [0.1, 0.15) is 11.6 Å². The van der Waals surface area contributed by atoms with Crippen LogP contribution in [0.15, 0.2) is 30.5 Å². The Hall–Kier alpha value is -1.94. The maximum Gasteiger partial charge on any atom is 0.142 e. The monoisotopic (exact) mass is 257 g/mol. The summed E-state index contributed by atoms with van der Waals surface area (Å²) in [5, 5.41) is 0. The second kappa shape index (κ2) is 5.80. The zero-order valence-electron chi connectivity index (χ0n) is 11.6. The molecule has 0 aliphatic heterocycles. The highest BCUT2D eigenvalue weighted by atomic mass is 16.5. The second-order valence-electron chi connectivity index (χ2n) is 4.67. The minimum absolute atomic E-state index is 0.348. The highest BCUT2D eigenvalue weighted by molar-refractivity contribution is 5.62. The Morgan fingerprint density at radius 1 is 1.26 bits per heavy atom. The van der Waals surface area contributed by atoms with E-state index in [0.717, 1.165) is 17.0 Å². The van der Waals surface area contributed by atoms with Gasteiger partial charge in [-0.3, -0.25) is 0 Å². The molecular formula is C15H19N3O. The first-order valence-corrected chi connectivity index (χ1v) is 6.36. The summed E-state index contributed by atoms with van der Waals surface area (Å²) in [6, 6.07) is 8.00. The minimum Gasteiger partial charge on any atom is -0.496 e. The molecule has 0 aliphatic rings. The number of ether oxygens (including phenoxy) is 1. The number of hydrogen-bond donors (Lipinski definition) is 1. The van der Waals surface area contributed by atoms with E-state index < -0.39 is 0 Å². The van der Waals surface area contributed by atoms with Crippen molar-refractivity contribution in [3.05, 3.63) is 41.9 Å². The number of nitrogens with two attached hydrogens (primary N) is 1. The van der Waals surface area contributed by atoms with Crippen molar-refractivity contribution < 1.29 is 4.74 Å². The third kappa shape index (κ3) is 2.90. The maximum absolute atomic E-state index is 5.58. The molecule has 0 unspecified atom stereocenters. The maximum atomic E-state index is 5.58. The first-order valence-electron chi connectivity index (χ1n) is 6.36. The average molecular weight is 257 g/mol. The first-order chi connectivity index (χ1) is 9.15. The Balaban J connectivity index is 2.47. The van der Waals surface area contributed by atoms with Gasteiger partial charge in [0.05, 0.1) is 19.3 Å². The summed E-state index contributed by atoms with van der Waals surface area (Å²) in [6.07, 6.45) is 1.74. The predicted octanol–water partition coefficient (Wildman–Crippen LogP) is 2.73. The molecule has 2 N–H and O–H groups in total. The Kier molecular flexibility index (Phi) is 4.12. The van der Waals surface area contributed by atoms with Crippen LogP contribution in [0.4, 0.5) is 0 Å². The van der Waals surface area contributed by atoms with Crippen LogP contribution in [0.3, 0.4) is 0 Å². The summed E-state index contributed by atoms with van der Waals surface area (Å²) in [7, 11) is 1.69. The molecule has 0 saturated heterocycles. The molecule has 4 heteroatoms. The van der Waals surface area contributed by atoms with Gasteiger partial charge in [0.15, 0.2) is 0 Å². The van der Waals surface area contributed by atoms with Crippen LogP contribution >= 0.6 is 0 Å². The van der Waals surface area contributed by atoms with Gasteiger partial charge in [-0.05, 0) is 35.7 Å². The van der Waals surface area contributed by atoms with Crippen molar-refractivity contribution in [2.24, 2.45) is 5.73 Å². The minimum atomic E-state index is 0.348. The average Bonchev–Trinajstić information content (AvgIpc) is 2.46. The first kappa shape index (κ1) is 13.5. The zero-order valence-corrected chi connectivity index (χ0v) is 11.6. The van der Waals surface area contributed by atoms with Crippen LogP contribution in [-0.4, -0.2) is 17.1 Å². The molecule has 0 atom stereocenters. The summed E-state index contributed by atoms with van der Waals surface area (Å²) >= 11 is 0. The van der Waals surface area contributed by atoms with Crippen molar-refractivity contribution in [2.75, 3.05) is 7.11 Å². The van der Waals surface area contributed by atoms with E-state index in [-0.39, 0.29) is 0 Å². The number of aromatic nitrogens is 2. The number of nitrogens with zero attached hydrogens (tertiary/aromatic N) is 2. The van der Waals surface area contributed by atoms with Gasteiger partial charge in [-0.2, -0.15) is 0 Å². The second-order valence-corrected chi connectivity index (χ2v) is 4.67. The van der Waals surface area contributed by atoms with E-state index in [1.54, 1.807) is 13.3 Å². The van der Waals surface area contributed by atoms with Gasteiger partial charge in [-0.1, -0.05) is 13.8 Å². The van der Waals surface area contributed by atoms with Crippen molar-refractivity contribution in [3.8, 4) is 17.0 Å². The fourth-order valence-electron chi connectivity index (χ4n) is 2.00. The van der Waals surface area contributed by atoms with Crippen LogP contribution in [-0.2, 0) is 6.54 Å². The fraction of sp³-hybridized carbons (Fsp3) is 0.333. The number of rotatable bonds is 4. The third-order valence-corrected chi connectivity index (χ3v) is 3.04. The Labute approximate surface area is 113 Å². The van der Waals surface area contributed by atoms with Gasteiger partial charge < -0.3 is 10.5 Å². The normalized spacial score (nSPS) is 10.8. The van der Waals surface area contributed by atoms with Crippen LogP contribution in [0.5, 0.6) is 5.75 Å². The number of methoxy groups -OCH3 is 1. The zero-order chi connectivity index (χ0) is 13.8. The van der Waals surface area contributed by atoms with E-state index in [0.29, 0.717) is 18.3 Å². The molecule has 0 radical (unpaired) electrons. The molecule has 0 saturated carbocycles. The van der Waals surface area contributed by atoms with Crippen molar-refractivity contribution in [1.82, 2.24) is 9.97 Å². The van der Waals surface area contributed by atoms with Gasteiger partial charge in [0.2, 0.25) is 0 Å². The molecule has 100 valence electrons. The largest absolute Gasteiger partial charge is 0.496 e. The van der Waals surface area contributed by atoms with Crippen LogP contribution < -0.4 is 10.5 Å². The molecule has 0 amide bonds. The fourth-order valence-corrected chi connectivity index (χ4v) is 2.00. The van der Waals surface area contributed by atoms with Gasteiger partial charge in [0, 0.05) is 11.8 Å². The van der Waals surface area contributed by atoms with Crippen LogP contribution in [0.1, 0.15) is 31.2 Å². The van der Waals surface area contributed by atoms with Gasteiger partial charge in [0.25, 0.3) is 0 Å². The van der Waals surface area contributed by atoms with Gasteiger partial charge in [-0.25, -0.2) is 9.97 Å². The highest BCUT2D eigenvalue weighted by Crippen LogP contribution is 2.30. The SMILES string of the molecule is COc1ccc(-c2ccnc(CN)n2)cc1C(C)C. The van der Waals surface area contributed by atoms with Crippen molar-refractivity contribution in [1.29, 1.82) is 0 Å². The Morgan fingerprint density at radius 3 is 2.68 bits per heavy atom. The summed E-state index contributed by atoms with van der Waals surface area (Å²) in [5.41, 5.74) is 8.70. The predicted molar refractivity (Wildman–Crippen MR) is 76.0 cm³/mol. The summed E-state index contributed by atoms with van der Waals surface area (Å²) < 4.78 is 5.39. The molecule has 2 aromatic rings. The number of hydrogen-bond acceptors (Lipinski definition) is 4. The standard InChI is InChI=1S/C15H19N3O/c1-10(2)12-8-11(4-5-14(12)19-3)13-6-7-17-15(9-16)18-13/h4-8,10H,9,16H2,1-3H3.